The van der Waals surface area contributed by atoms with Crippen LogP contribution in [-0.4, -0.2) is 43.6 Å². The zero-order valence-electron chi connectivity index (χ0n) is 14.7. The summed E-state index contributed by atoms with van der Waals surface area (Å²) in [5.74, 6) is -0.292. The number of likely N-dealkylation sites (N-methyl/N-ethyl adjacent to an activating group) is 1. The molecule has 0 aliphatic heterocycles. The van der Waals surface area contributed by atoms with Crippen LogP contribution in [0.25, 0.3) is 0 Å². The van der Waals surface area contributed by atoms with Crippen LogP contribution in [0.5, 0.6) is 0 Å². The molecule has 0 saturated carbocycles. The Morgan fingerprint density at radius 1 is 1.12 bits per heavy atom. The lowest BCUT2D eigenvalue weighted by atomic mass is 10.2. The topological polar surface area (TPSA) is 61.4 Å². The van der Waals surface area contributed by atoms with Gasteiger partial charge < -0.3 is 10.6 Å². The van der Waals surface area contributed by atoms with Gasteiger partial charge in [-0.1, -0.05) is 18.2 Å². The first kappa shape index (κ1) is 19.0. The fourth-order valence-electron chi connectivity index (χ4n) is 2.43. The highest BCUT2D eigenvalue weighted by Gasteiger charge is 2.09. The van der Waals surface area contributed by atoms with Crippen LogP contribution in [0, 0.1) is 0 Å². The summed E-state index contributed by atoms with van der Waals surface area (Å²) in [6.07, 6.45) is 2.05. The van der Waals surface area contributed by atoms with E-state index in [-0.39, 0.29) is 18.4 Å². The number of hydrogen-bond donors (Lipinski definition) is 2. The number of carbonyl (C=O) groups is 2. The largest absolute Gasteiger partial charge is 0.355 e. The Morgan fingerprint density at radius 2 is 1.84 bits per heavy atom. The zero-order valence-corrected chi connectivity index (χ0v) is 15.5. The molecule has 25 heavy (non-hydrogen) atoms. The van der Waals surface area contributed by atoms with Crippen LogP contribution >= 0.6 is 11.8 Å². The van der Waals surface area contributed by atoms with E-state index in [2.05, 4.69) is 34.9 Å². The molecular weight excluding hydrogens is 334 g/mol. The molecule has 0 radical (unpaired) electrons. The molecule has 0 atom stereocenters. The Labute approximate surface area is 152 Å². The van der Waals surface area contributed by atoms with Crippen molar-refractivity contribution in [2.45, 2.75) is 11.4 Å². The van der Waals surface area contributed by atoms with Gasteiger partial charge in [-0.2, -0.15) is 0 Å². The quantitative estimate of drug-likeness (QED) is 0.748. The maximum absolute atomic E-state index is 12.2. The number of anilines is 1. The second-order valence-corrected chi connectivity index (χ2v) is 6.61. The number of nitrogens with zero attached hydrogens (tertiary/aromatic N) is 1. The minimum atomic E-state index is -0.179. The van der Waals surface area contributed by atoms with E-state index in [0.29, 0.717) is 17.8 Å². The fourth-order valence-corrected chi connectivity index (χ4v) is 2.83. The van der Waals surface area contributed by atoms with Gasteiger partial charge in [-0.3, -0.25) is 14.5 Å². The van der Waals surface area contributed by atoms with E-state index < -0.39 is 0 Å². The van der Waals surface area contributed by atoms with Gasteiger partial charge in [0.25, 0.3) is 5.91 Å². The number of thioether (sulfide) groups is 1. The third-order valence-electron chi connectivity index (χ3n) is 3.66. The van der Waals surface area contributed by atoms with Crippen molar-refractivity contribution in [3.8, 4) is 0 Å². The summed E-state index contributed by atoms with van der Waals surface area (Å²) in [6.45, 7) is 0.967. The van der Waals surface area contributed by atoms with Gasteiger partial charge >= 0.3 is 0 Å². The Balaban J connectivity index is 1.89. The minimum absolute atomic E-state index is 0.114. The molecule has 0 heterocycles. The van der Waals surface area contributed by atoms with Crippen LogP contribution in [0.2, 0.25) is 0 Å². The first-order chi connectivity index (χ1) is 12.0. The Morgan fingerprint density at radius 3 is 2.48 bits per heavy atom. The molecule has 0 aromatic heterocycles. The van der Waals surface area contributed by atoms with E-state index in [1.54, 1.807) is 43.1 Å². The van der Waals surface area contributed by atoms with Crippen LogP contribution in [-0.2, 0) is 11.3 Å². The molecule has 5 nitrogen and oxygen atoms in total. The van der Waals surface area contributed by atoms with Gasteiger partial charge in [-0.15, -0.1) is 11.8 Å². The lowest BCUT2D eigenvalue weighted by molar-refractivity contribution is -0.117. The van der Waals surface area contributed by atoms with Gasteiger partial charge in [0.05, 0.1) is 6.54 Å². The Bertz CT molecular complexity index is 732. The summed E-state index contributed by atoms with van der Waals surface area (Å²) < 4.78 is 0. The molecule has 0 saturated heterocycles. The summed E-state index contributed by atoms with van der Waals surface area (Å²) >= 11 is 1.71. The van der Waals surface area contributed by atoms with Gasteiger partial charge in [-0.25, -0.2) is 0 Å². The zero-order chi connectivity index (χ0) is 18.2. The summed E-state index contributed by atoms with van der Waals surface area (Å²) in [5.41, 5.74) is 2.29. The normalized spacial score (nSPS) is 10.6. The van der Waals surface area contributed by atoms with Crippen LogP contribution in [0.1, 0.15) is 15.9 Å². The maximum Gasteiger partial charge on any atom is 0.251 e. The molecule has 0 aliphatic carbocycles. The average molecular weight is 357 g/mol. The smallest absolute Gasteiger partial charge is 0.251 e. The minimum Gasteiger partial charge on any atom is -0.355 e. The van der Waals surface area contributed by atoms with E-state index in [1.807, 2.05) is 18.2 Å². The lowest BCUT2D eigenvalue weighted by Gasteiger charge is -2.16. The van der Waals surface area contributed by atoms with Gasteiger partial charge in [0.1, 0.15) is 0 Å². The number of nitrogens with one attached hydrogen (secondary N) is 2. The third kappa shape index (κ3) is 5.92. The summed E-state index contributed by atoms with van der Waals surface area (Å²) in [5, 5.41) is 5.40. The molecule has 0 fully saturated rings. The molecule has 2 aromatic carbocycles. The highest BCUT2D eigenvalue weighted by atomic mass is 32.2. The SMILES string of the molecule is CNC(=O)c1cccc(NC(=O)CN(C)Cc2ccc(SC)cc2)c1. The predicted molar refractivity (Wildman–Crippen MR) is 103 cm³/mol. The molecule has 0 spiro atoms. The van der Waals surface area contributed by atoms with Crippen molar-refractivity contribution in [2.75, 3.05) is 32.2 Å². The second kappa shape index (κ2) is 9.25. The van der Waals surface area contributed by atoms with E-state index >= 15 is 0 Å². The third-order valence-corrected chi connectivity index (χ3v) is 4.40. The highest BCUT2D eigenvalue weighted by Crippen LogP contribution is 2.15. The standard InChI is InChI=1S/C19H23N3O2S/c1-20-19(24)15-5-4-6-16(11-15)21-18(23)13-22(2)12-14-7-9-17(25-3)10-8-14/h4-11H,12-13H2,1-3H3,(H,20,24)(H,21,23). The molecular formula is C19H23N3O2S. The van der Waals surface area contributed by atoms with Crippen molar-refractivity contribution >= 4 is 29.3 Å². The van der Waals surface area contributed by atoms with E-state index in [1.165, 1.54) is 4.90 Å². The Hall–Kier alpha value is -2.31. The van der Waals surface area contributed by atoms with Crippen molar-refractivity contribution in [3.63, 3.8) is 0 Å². The lowest BCUT2D eigenvalue weighted by Crippen LogP contribution is -2.30. The van der Waals surface area contributed by atoms with E-state index in [9.17, 15) is 9.59 Å². The molecule has 0 bridgehead atoms. The molecule has 2 aromatic rings. The molecule has 2 amide bonds. The van der Waals surface area contributed by atoms with Crippen LogP contribution in [0.15, 0.2) is 53.4 Å². The van der Waals surface area contributed by atoms with Crippen molar-refractivity contribution in [1.29, 1.82) is 0 Å². The first-order valence-corrected chi connectivity index (χ1v) is 9.17. The molecule has 132 valence electrons. The van der Waals surface area contributed by atoms with Crippen LogP contribution in [0.4, 0.5) is 5.69 Å². The summed E-state index contributed by atoms with van der Waals surface area (Å²) in [6, 6.07) is 15.2. The van der Waals surface area contributed by atoms with Crippen molar-refractivity contribution < 1.29 is 9.59 Å². The highest BCUT2D eigenvalue weighted by molar-refractivity contribution is 7.98. The van der Waals surface area contributed by atoms with E-state index in [0.717, 1.165) is 5.56 Å². The molecule has 2 N–H and O–H groups in total. The van der Waals surface area contributed by atoms with E-state index in [4.69, 9.17) is 0 Å². The summed E-state index contributed by atoms with van der Waals surface area (Å²) in [4.78, 5) is 27.0. The molecule has 0 aliphatic rings. The van der Waals surface area contributed by atoms with Gasteiger partial charge in [0, 0.05) is 29.7 Å². The molecule has 2 rings (SSSR count). The van der Waals surface area contributed by atoms with Gasteiger partial charge in [-0.05, 0) is 49.2 Å². The maximum atomic E-state index is 12.2. The van der Waals surface area contributed by atoms with Crippen molar-refractivity contribution in [2.24, 2.45) is 0 Å². The Kier molecular flexibility index (Phi) is 7.03. The number of benzene rings is 2. The fraction of sp³-hybridized carbons (Fsp3) is 0.263. The number of amides is 2. The second-order valence-electron chi connectivity index (χ2n) is 5.73. The summed E-state index contributed by atoms with van der Waals surface area (Å²) in [7, 11) is 3.48. The van der Waals surface area contributed by atoms with Crippen molar-refractivity contribution in [3.05, 3.63) is 59.7 Å². The van der Waals surface area contributed by atoms with Gasteiger partial charge in [0.15, 0.2) is 0 Å². The number of rotatable bonds is 7. The first-order valence-electron chi connectivity index (χ1n) is 7.95. The van der Waals surface area contributed by atoms with Gasteiger partial charge in [0.2, 0.25) is 5.91 Å². The van der Waals surface area contributed by atoms with Crippen LogP contribution in [0.3, 0.4) is 0 Å². The monoisotopic (exact) mass is 357 g/mol. The predicted octanol–water partition coefficient (Wildman–Crippen LogP) is 2.84. The van der Waals surface area contributed by atoms with Crippen LogP contribution < -0.4 is 10.6 Å². The molecule has 0 unspecified atom stereocenters. The average Bonchev–Trinajstić information content (AvgIpc) is 2.61. The van der Waals surface area contributed by atoms with Crippen molar-refractivity contribution in [1.82, 2.24) is 10.2 Å². The number of hydrogen-bond acceptors (Lipinski definition) is 4. The number of carbonyl (C=O) groups excluding carboxylic acids is 2. The molecule has 6 heteroatoms.